The van der Waals surface area contributed by atoms with Crippen LogP contribution in [0.5, 0.6) is 0 Å². The van der Waals surface area contributed by atoms with Crippen LogP contribution in [0.25, 0.3) is 11.0 Å². The van der Waals surface area contributed by atoms with E-state index in [2.05, 4.69) is 32.3 Å². The van der Waals surface area contributed by atoms with Crippen molar-refractivity contribution in [2.45, 2.75) is 0 Å². The number of hydrogen-bond donors (Lipinski definition) is 2. The van der Waals surface area contributed by atoms with Crippen LogP contribution in [0.15, 0.2) is 48.5 Å². The molecule has 2 N–H and O–H groups in total. The largest absolute Gasteiger partial charge is 0.378 e. The van der Waals surface area contributed by atoms with Crippen LogP contribution in [-0.2, 0) is 0 Å². The van der Waals surface area contributed by atoms with Crippen molar-refractivity contribution < 1.29 is 0 Å². The minimum Gasteiger partial charge on any atom is -0.378 e. The van der Waals surface area contributed by atoms with Gasteiger partial charge in [-0.2, -0.15) is 0 Å². The lowest BCUT2D eigenvalue weighted by atomic mass is 10.2. The van der Waals surface area contributed by atoms with Crippen molar-refractivity contribution in [3.63, 3.8) is 0 Å². The number of aromatic nitrogens is 2. The van der Waals surface area contributed by atoms with Crippen molar-refractivity contribution in [3.8, 4) is 0 Å². The van der Waals surface area contributed by atoms with E-state index >= 15 is 0 Å². The van der Waals surface area contributed by atoms with Gasteiger partial charge in [0.05, 0.1) is 11.0 Å². The van der Waals surface area contributed by atoms with Gasteiger partial charge in [0.2, 0.25) is 5.95 Å². The molecule has 0 amide bonds. The second-order valence-electron chi connectivity index (χ2n) is 4.67. The lowest BCUT2D eigenvalue weighted by Crippen LogP contribution is -2.08. The molecule has 0 fully saturated rings. The summed E-state index contributed by atoms with van der Waals surface area (Å²) in [6, 6.07) is 16.2. The van der Waals surface area contributed by atoms with Gasteiger partial charge in [-0.1, -0.05) is 12.1 Å². The molecule has 4 nitrogen and oxygen atoms in total. The molecule has 1 heterocycles. The van der Waals surface area contributed by atoms with E-state index in [-0.39, 0.29) is 0 Å². The highest BCUT2D eigenvalue weighted by atomic mass is 15.1. The Morgan fingerprint density at radius 3 is 2.42 bits per heavy atom. The first-order valence-electron chi connectivity index (χ1n) is 6.21. The molecule has 0 aliphatic heterocycles. The summed E-state index contributed by atoms with van der Waals surface area (Å²) in [4.78, 5) is 9.81. The molecule has 0 aliphatic rings. The highest BCUT2D eigenvalue weighted by Crippen LogP contribution is 2.20. The van der Waals surface area contributed by atoms with Crippen molar-refractivity contribution in [3.05, 3.63) is 48.5 Å². The molecular formula is C15H16N4. The van der Waals surface area contributed by atoms with E-state index in [1.807, 2.05) is 50.5 Å². The maximum Gasteiger partial charge on any atom is 0.205 e. The monoisotopic (exact) mass is 252 g/mol. The van der Waals surface area contributed by atoms with Crippen molar-refractivity contribution in [1.29, 1.82) is 0 Å². The lowest BCUT2D eigenvalue weighted by Gasteiger charge is -2.12. The van der Waals surface area contributed by atoms with Crippen molar-refractivity contribution in [1.82, 2.24) is 9.97 Å². The van der Waals surface area contributed by atoms with Crippen LogP contribution in [0.4, 0.5) is 17.3 Å². The number of benzene rings is 2. The Morgan fingerprint density at radius 2 is 1.74 bits per heavy atom. The Bertz CT molecular complexity index is 650. The molecule has 0 bridgehead atoms. The van der Waals surface area contributed by atoms with Gasteiger partial charge in [0.25, 0.3) is 0 Å². The predicted molar refractivity (Wildman–Crippen MR) is 80.1 cm³/mol. The van der Waals surface area contributed by atoms with Crippen LogP contribution >= 0.6 is 0 Å². The molecule has 2 aromatic carbocycles. The third kappa shape index (κ3) is 2.38. The van der Waals surface area contributed by atoms with E-state index in [0.29, 0.717) is 0 Å². The third-order valence-electron chi connectivity index (χ3n) is 3.04. The van der Waals surface area contributed by atoms with Gasteiger partial charge in [-0.3, -0.25) is 0 Å². The number of imidazole rings is 1. The maximum atomic E-state index is 4.49. The van der Waals surface area contributed by atoms with Gasteiger partial charge in [-0.05, 0) is 36.4 Å². The van der Waals surface area contributed by atoms with E-state index in [0.717, 1.165) is 22.7 Å². The maximum absolute atomic E-state index is 4.49. The van der Waals surface area contributed by atoms with Gasteiger partial charge in [0.1, 0.15) is 0 Å². The first-order valence-corrected chi connectivity index (χ1v) is 6.21. The summed E-state index contributed by atoms with van der Waals surface area (Å²) in [6.45, 7) is 0. The summed E-state index contributed by atoms with van der Waals surface area (Å²) in [7, 11) is 4.06. The third-order valence-corrected chi connectivity index (χ3v) is 3.04. The zero-order valence-corrected chi connectivity index (χ0v) is 11.0. The number of para-hydroxylation sites is 2. The van der Waals surface area contributed by atoms with Crippen molar-refractivity contribution in [2.75, 3.05) is 24.3 Å². The molecule has 19 heavy (non-hydrogen) atoms. The average molecular weight is 252 g/mol. The van der Waals surface area contributed by atoms with Crippen LogP contribution in [0.1, 0.15) is 0 Å². The van der Waals surface area contributed by atoms with E-state index in [1.165, 1.54) is 5.69 Å². The van der Waals surface area contributed by atoms with Crippen molar-refractivity contribution in [2.24, 2.45) is 0 Å². The summed E-state index contributed by atoms with van der Waals surface area (Å²) >= 11 is 0. The summed E-state index contributed by atoms with van der Waals surface area (Å²) in [6.07, 6.45) is 0. The molecule has 0 aliphatic carbocycles. The number of aromatic amines is 1. The second-order valence-corrected chi connectivity index (χ2v) is 4.67. The van der Waals surface area contributed by atoms with Crippen LogP contribution in [0.3, 0.4) is 0 Å². The molecule has 96 valence electrons. The van der Waals surface area contributed by atoms with Crippen molar-refractivity contribution >= 4 is 28.4 Å². The van der Waals surface area contributed by atoms with Gasteiger partial charge in [-0.25, -0.2) is 4.98 Å². The van der Waals surface area contributed by atoms with Crippen LogP contribution in [-0.4, -0.2) is 24.1 Å². The fourth-order valence-electron chi connectivity index (χ4n) is 1.99. The van der Waals surface area contributed by atoms with Gasteiger partial charge in [0.15, 0.2) is 0 Å². The fraction of sp³-hybridized carbons (Fsp3) is 0.133. The Labute approximate surface area is 112 Å². The van der Waals surface area contributed by atoms with Crippen LogP contribution in [0, 0.1) is 0 Å². The number of anilines is 3. The lowest BCUT2D eigenvalue weighted by molar-refractivity contribution is 1.13. The SMILES string of the molecule is CN(C)c1ccc(Nc2nc3ccccc3[nH]2)cc1. The molecule has 3 aromatic rings. The number of rotatable bonds is 3. The Balaban J connectivity index is 1.84. The van der Waals surface area contributed by atoms with E-state index in [1.54, 1.807) is 0 Å². The van der Waals surface area contributed by atoms with Crippen LogP contribution in [0.2, 0.25) is 0 Å². The second kappa shape index (κ2) is 4.65. The minimum absolute atomic E-state index is 0.763. The molecule has 4 heteroatoms. The molecule has 0 saturated carbocycles. The predicted octanol–water partition coefficient (Wildman–Crippen LogP) is 3.37. The number of H-pyrrole nitrogens is 1. The smallest absolute Gasteiger partial charge is 0.205 e. The Kier molecular flexibility index (Phi) is 2.83. The van der Waals surface area contributed by atoms with Gasteiger partial charge in [-0.15, -0.1) is 0 Å². The Morgan fingerprint density at radius 1 is 1.00 bits per heavy atom. The molecule has 0 atom stereocenters. The zero-order chi connectivity index (χ0) is 13.2. The number of hydrogen-bond acceptors (Lipinski definition) is 3. The zero-order valence-electron chi connectivity index (χ0n) is 11.0. The first-order chi connectivity index (χ1) is 9.22. The quantitative estimate of drug-likeness (QED) is 0.751. The molecule has 3 rings (SSSR count). The van der Waals surface area contributed by atoms with Gasteiger partial charge >= 0.3 is 0 Å². The minimum atomic E-state index is 0.763. The standard InChI is InChI=1S/C15H16N4/c1-19(2)12-9-7-11(8-10-12)16-15-17-13-5-3-4-6-14(13)18-15/h3-10H,1-2H3,(H2,16,17,18). The molecule has 0 spiro atoms. The van der Waals surface area contributed by atoms with E-state index in [4.69, 9.17) is 0 Å². The highest BCUT2D eigenvalue weighted by Gasteiger charge is 2.02. The van der Waals surface area contributed by atoms with Crippen LogP contribution < -0.4 is 10.2 Å². The molecule has 0 radical (unpaired) electrons. The number of fused-ring (bicyclic) bond motifs is 1. The summed E-state index contributed by atoms with van der Waals surface area (Å²) < 4.78 is 0. The van der Waals surface area contributed by atoms with E-state index < -0.39 is 0 Å². The highest BCUT2D eigenvalue weighted by molar-refractivity contribution is 5.78. The Hall–Kier alpha value is -2.49. The average Bonchev–Trinajstić information content (AvgIpc) is 2.81. The summed E-state index contributed by atoms with van der Waals surface area (Å²) in [5.41, 5.74) is 4.20. The van der Waals surface area contributed by atoms with E-state index in [9.17, 15) is 0 Å². The molecular weight excluding hydrogens is 236 g/mol. The normalized spacial score (nSPS) is 10.6. The molecule has 0 unspecified atom stereocenters. The molecule has 1 aromatic heterocycles. The molecule has 0 saturated heterocycles. The first kappa shape index (κ1) is 11.6. The number of nitrogens with one attached hydrogen (secondary N) is 2. The number of nitrogens with zero attached hydrogens (tertiary/aromatic N) is 2. The summed E-state index contributed by atoms with van der Waals surface area (Å²) in [5, 5.41) is 3.27. The summed E-state index contributed by atoms with van der Waals surface area (Å²) in [5.74, 6) is 0.763. The van der Waals surface area contributed by atoms with Gasteiger partial charge < -0.3 is 15.2 Å². The topological polar surface area (TPSA) is 44.0 Å². The fourth-order valence-corrected chi connectivity index (χ4v) is 1.99. The van der Waals surface area contributed by atoms with Gasteiger partial charge in [0, 0.05) is 25.5 Å².